The molecule has 0 heterocycles. The molecular weight excluding hydrogens is 460 g/mol. The summed E-state index contributed by atoms with van der Waals surface area (Å²) in [4.78, 5) is 25.2. The van der Waals surface area contributed by atoms with E-state index in [1.807, 2.05) is 0 Å². The minimum atomic E-state index is -2.98. The summed E-state index contributed by atoms with van der Waals surface area (Å²) in [6.45, 7) is -1.38. The van der Waals surface area contributed by atoms with Gasteiger partial charge in [0.1, 0.15) is 17.4 Å². The highest BCUT2D eigenvalue weighted by molar-refractivity contribution is 7.80. The molecule has 0 unspecified atom stereocenters. The Bertz CT molecular complexity index is 1190. The number of halogens is 4. The number of amides is 2. The second-order valence-electron chi connectivity index (χ2n) is 6.97. The number of alkyl halides is 2. The van der Waals surface area contributed by atoms with Gasteiger partial charge in [-0.3, -0.25) is 9.59 Å². The van der Waals surface area contributed by atoms with Crippen molar-refractivity contribution in [2.24, 2.45) is 0 Å². The van der Waals surface area contributed by atoms with Gasteiger partial charge in [-0.2, -0.15) is 8.78 Å². The molecule has 2 amide bonds. The molecule has 33 heavy (non-hydrogen) atoms. The van der Waals surface area contributed by atoms with E-state index in [2.05, 4.69) is 28.0 Å². The van der Waals surface area contributed by atoms with Crippen LogP contribution in [0.2, 0.25) is 0 Å². The van der Waals surface area contributed by atoms with Crippen molar-refractivity contribution in [1.29, 1.82) is 0 Å². The molecule has 5 nitrogen and oxygen atoms in total. The highest BCUT2D eigenvalue weighted by Gasteiger charge is 2.19. The van der Waals surface area contributed by atoms with Gasteiger partial charge in [0.25, 0.3) is 11.8 Å². The van der Waals surface area contributed by atoms with Gasteiger partial charge in [0, 0.05) is 17.1 Å². The summed E-state index contributed by atoms with van der Waals surface area (Å²) in [6.07, 6.45) is 0. The van der Waals surface area contributed by atoms with E-state index in [4.69, 9.17) is 0 Å². The summed E-state index contributed by atoms with van der Waals surface area (Å²) in [5.41, 5.74) is 0.905. The van der Waals surface area contributed by atoms with Crippen LogP contribution in [-0.4, -0.2) is 18.4 Å². The normalized spacial score (nSPS) is 10.8. The van der Waals surface area contributed by atoms with Crippen LogP contribution >= 0.6 is 12.6 Å². The van der Waals surface area contributed by atoms with Crippen molar-refractivity contribution in [3.8, 4) is 5.75 Å². The molecule has 10 heteroatoms. The lowest BCUT2D eigenvalue weighted by Crippen LogP contribution is -2.25. The maximum atomic E-state index is 14.4. The number of anilines is 1. The first-order chi connectivity index (χ1) is 15.6. The standard InChI is InChI=1S/C23H18F4N2O3S/c1-12-8-15(32-23(26)27)6-7-19(12)29-22(31)17-9-16(18(25)10-20(17)33)21(30)28-11-13-2-4-14(24)5-3-13/h2-10,23,33H,11H2,1H3,(H,28,30)(H,29,31). The first kappa shape index (κ1) is 24.1. The number of thiol groups is 1. The highest BCUT2D eigenvalue weighted by atomic mass is 32.1. The van der Waals surface area contributed by atoms with Gasteiger partial charge in [-0.05, 0) is 60.5 Å². The molecule has 0 fully saturated rings. The van der Waals surface area contributed by atoms with Crippen LogP contribution < -0.4 is 15.4 Å². The average molecular weight is 478 g/mol. The quantitative estimate of drug-likeness (QED) is 0.317. The Kier molecular flexibility index (Phi) is 7.59. The Morgan fingerprint density at radius 2 is 1.67 bits per heavy atom. The molecule has 0 radical (unpaired) electrons. The molecule has 0 aromatic heterocycles. The van der Waals surface area contributed by atoms with Gasteiger partial charge in [0.05, 0.1) is 11.1 Å². The van der Waals surface area contributed by atoms with Crippen LogP contribution in [0.3, 0.4) is 0 Å². The van der Waals surface area contributed by atoms with E-state index in [9.17, 15) is 27.2 Å². The number of rotatable bonds is 7. The summed E-state index contributed by atoms with van der Waals surface area (Å²) >= 11 is 4.12. The van der Waals surface area contributed by atoms with E-state index >= 15 is 0 Å². The molecule has 0 bridgehead atoms. The van der Waals surface area contributed by atoms with Crippen LogP contribution in [0.1, 0.15) is 31.8 Å². The largest absolute Gasteiger partial charge is 0.435 e. The van der Waals surface area contributed by atoms with E-state index in [0.29, 0.717) is 16.8 Å². The zero-order valence-electron chi connectivity index (χ0n) is 17.2. The van der Waals surface area contributed by atoms with E-state index in [-0.39, 0.29) is 28.3 Å². The average Bonchev–Trinajstić information content (AvgIpc) is 2.74. The molecule has 0 spiro atoms. The van der Waals surface area contributed by atoms with Crippen molar-refractivity contribution in [2.75, 3.05) is 5.32 Å². The Morgan fingerprint density at radius 3 is 2.30 bits per heavy atom. The lowest BCUT2D eigenvalue weighted by molar-refractivity contribution is -0.0498. The van der Waals surface area contributed by atoms with Gasteiger partial charge < -0.3 is 15.4 Å². The predicted molar refractivity (Wildman–Crippen MR) is 117 cm³/mol. The van der Waals surface area contributed by atoms with Crippen molar-refractivity contribution >= 4 is 30.1 Å². The molecule has 0 saturated carbocycles. The van der Waals surface area contributed by atoms with Crippen LogP contribution in [-0.2, 0) is 6.54 Å². The Hall–Kier alpha value is -3.53. The summed E-state index contributed by atoms with van der Waals surface area (Å²) in [7, 11) is 0. The van der Waals surface area contributed by atoms with Gasteiger partial charge in [0.15, 0.2) is 0 Å². The SMILES string of the molecule is Cc1cc(OC(F)F)ccc1NC(=O)c1cc(C(=O)NCc2ccc(F)cc2)c(F)cc1S. The first-order valence-corrected chi connectivity index (χ1v) is 10.0. The molecular formula is C23H18F4N2O3S. The number of nitrogens with one attached hydrogen (secondary N) is 2. The number of hydrogen-bond acceptors (Lipinski definition) is 4. The number of carbonyl (C=O) groups excluding carboxylic acids is 2. The molecule has 2 N–H and O–H groups in total. The molecule has 3 aromatic carbocycles. The van der Waals surface area contributed by atoms with Crippen LogP contribution in [0, 0.1) is 18.6 Å². The highest BCUT2D eigenvalue weighted by Crippen LogP contribution is 2.25. The third-order valence-corrected chi connectivity index (χ3v) is 4.98. The van der Waals surface area contributed by atoms with Gasteiger partial charge in [0.2, 0.25) is 0 Å². The van der Waals surface area contributed by atoms with Crippen LogP contribution in [0.25, 0.3) is 0 Å². The third kappa shape index (κ3) is 6.26. The van der Waals surface area contributed by atoms with Crippen molar-refractivity contribution in [1.82, 2.24) is 5.32 Å². The molecule has 0 aliphatic carbocycles. The second kappa shape index (κ2) is 10.4. The Labute approximate surface area is 192 Å². The summed E-state index contributed by atoms with van der Waals surface area (Å²) in [5.74, 6) is -2.83. The maximum absolute atomic E-state index is 14.4. The molecule has 3 rings (SSSR count). The maximum Gasteiger partial charge on any atom is 0.387 e. The number of ether oxygens (including phenoxy) is 1. The summed E-state index contributed by atoms with van der Waals surface area (Å²) < 4.78 is 56.4. The number of carbonyl (C=O) groups is 2. The van der Waals surface area contributed by atoms with Crippen LogP contribution in [0.4, 0.5) is 23.2 Å². The van der Waals surface area contributed by atoms with Gasteiger partial charge in [-0.25, -0.2) is 8.78 Å². The zero-order chi connectivity index (χ0) is 24.1. The summed E-state index contributed by atoms with van der Waals surface area (Å²) in [5, 5.41) is 5.08. The smallest absolute Gasteiger partial charge is 0.387 e. The van der Waals surface area contributed by atoms with Crippen molar-refractivity contribution in [2.45, 2.75) is 25.0 Å². The van der Waals surface area contributed by atoms with E-state index in [1.165, 1.54) is 42.5 Å². The topological polar surface area (TPSA) is 67.4 Å². The fourth-order valence-electron chi connectivity index (χ4n) is 2.94. The van der Waals surface area contributed by atoms with E-state index in [1.54, 1.807) is 6.92 Å². The lowest BCUT2D eigenvalue weighted by atomic mass is 10.1. The second-order valence-corrected chi connectivity index (χ2v) is 7.45. The molecule has 0 aliphatic heterocycles. The van der Waals surface area contributed by atoms with Crippen molar-refractivity contribution in [3.63, 3.8) is 0 Å². The van der Waals surface area contributed by atoms with Crippen molar-refractivity contribution in [3.05, 3.63) is 88.5 Å². The fraction of sp³-hybridized carbons (Fsp3) is 0.130. The van der Waals surface area contributed by atoms with Gasteiger partial charge >= 0.3 is 6.61 Å². The minimum absolute atomic E-state index is 0.00427. The van der Waals surface area contributed by atoms with E-state index in [0.717, 1.165) is 12.1 Å². The summed E-state index contributed by atoms with van der Waals surface area (Å²) in [6, 6.07) is 11.4. The Morgan fingerprint density at radius 1 is 0.970 bits per heavy atom. The van der Waals surface area contributed by atoms with Crippen LogP contribution in [0.15, 0.2) is 59.5 Å². The molecule has 0 aliphatic rings. The molecule has 3 aromatic rings. The fourth-order valence-corrected chi connectivity index (χ4v) is 3.22. The van der Waals surface area contributed by atoms with Gasteiger partial charge in [-0.1, -0.05) is 12.1 Å². The molecule has 172 valence electrons. The number of benzene rings is 3. The van der Waals surface area contributed by atoms with Gasteiger partial charge in [-0.15, -0.1) is 12.6 Å². The lowest BCUT2D eigenvalue weighted by Gasteiger charge is -2.13. The van der Waals surface area contributed by atoms with Crippen LogP contribution in [0.5, 0.6) is 5.75 Å². The monoisotopic (exact) mass is 478 g/mol. The third-order valence-electron chi connectivity index (χ3n) is 4.61. The van der Waals surface area contributed by atoms with Crippen molar-refractivity contribution < 1.29 is 31.9 Å². The van der Waals surface area contributed by atoms with E-state index < -0.39 is 30.1 Å². The Balaban J connectivity index is 1.76. The number of aryl methyl sites for hydroxylation is 1. The first-order valence-electron chi connectivity index (χ1n) is 9.56. The minimum Gasteiger partial charge on any atom is -0.435 e. The predicted octanol–water partition coefficient (Wildman–Crippen LogP) is 5.35. The number of hydrogen-bond donors (Lipinski definition) is 3. The zero-order valence-corrected chi connectivity index (χ0v) is 18.1. The molecule has 0 saturated heterocycles. The molecule has 0 atom stereocenters.